The molecule has 0 aromatic rings. The molecule has 1 heterocycles. The van der Waals surface area contributed by atoms with Crippen LogP contribution in [-0.4, -0.2) is 49.1 Å². The zero-order chi connectivity index (χ0) is 11.8. The molecule has 96 valence electrons. The Kier molecular flexibility index (Phi) is 7.50. The van der Waals surface area contributed by atoms with Gasteiger partial charge in [-0.15, -0.1) is 0 Å². The molecule has 3 heteroatoms. The Labute approximate surface area is 106 Å². The first kappa shape index (κ1) is 14.3. The summed E-state index contributed by atoms with van der Waals surface area (Å²) in [4.78, 5) is 2.44. The Morgan fingerprint density at radius 1 is 1.38 bits per heavy atom. The second kappa shape index (κ2) is 8.37. The summed E-state index contributed by atoms with van der Waals surface area (Å²) in [5.41, 5.74) is 0. The Bertz CT molecular complexity index is 167. The van der Waals surface area contributed by atoms with Gasteiger partial charge < -0.3 is 10.2 Å². The first-order valence-corrected chi connectivity index (χ1v) is 7.87. The fraction of sp³-hybridized carbons (Fsp3) is 1.00. The quantitative estimate of drug-likeness (QED) is 0.693. The Morgan fingerprint density at radius 2 is 2.06 bits per heavy atom. The summed E-state index contributed by atoms with van der Waals surface area (Å²) in [6, 6.07) is 0.693. The van der Waals surface area contributed by atoms with Gasteiger partial charge in [0, 0.05) is 6.04 Å². The molecular weight excluding hydrogens is 216 g/mol. The maximum absolute atomic E-state index is 3.69. The number of hydrogen-bond acceptors (Lipinski definition) is 3. The summed E-state index contributed by atoms with van der Waals surface area (Å²) < 4.78 is 0. The molecule has 0 aromatic heterocycles. The maximum atomic E-state index is 3.69. The molecule has 1 atom stereocenters. The summed E-state index contributed by atoms with van der Waals surface area (Å²) in [5, 5.41) is 3.69. The molecule has 1 aliphatic heterocycles. The van der Waals surface area contributed by atoms with Crippen LogP contribution in [0.25, 0.3) is 0 Å². The van der Waals surface area contributed by atoms with Crippen LogP contribution in [0, 0.1) is 5.92 Å². The molecule has 0 radical (unpaired) electrons. The molecule has 2 nitrogen and oxygen atoms in total. The van der Waals surface area contributed by atoms with Crippen molar-refractivity contribution in [2.45, 2.75) is 39.2 Å². The number of rotatable bonds is 7. The Balaban J connectivity index is 2.00. The molecule has 0 aliphatic carbocycles. The smallest absolute Gasteiger partial charge is 0.00466 e. The maximum Gasteiger partial charge on any atom is 0.00466 e. The first-order valence-electron chi connectivity index (χ1n) is 6.72. The number of hydrogen-bond donors (Lipinski definition) is 1. The van der Waals surface area contributed by atoms with Gasteiger partial charge in [0.05, 0.1) is 0 Å². The molecule has 0 saturated carbocycles. The van der Waals surface area contributed by atoms with Crippen molar-refractivity contribution in [2.75, 3.05) is 38.2 Å². The molecule has 0 spiro atoms. The van der Waals surface area contributed by atoms with Crippen molar-refractivity contribution in [3.8, 4) is 0 Å². The summed E-state index contributed by atoms with van der Waals surface area (Å²) in [7, 11) is 2.23. The van der Waals surface area contributed by atoms with E-state index in [-0.39, 0.29) is 0 Å². The number of thioether (sulfide) groups is 1. The minimum atomic E-state index is 0.693. The van der Waals surface area contributed by atoms with E-state index in [2.05, 4.69) is 42.9 Å². The van der Waals surface area contributed by atoms with Gasteiger partial charge in [0.2, 0.25) is 0 Å². The Hall–Kier alpha value is 0.270. The van der Waals surface area contributed by atoms with Crippen molar-refractivity contribution in [3.05, 3.63) is 0 Å². The van der Waals surface area contributed by atoms with Crippen LogP contribution >= 0.6 is 11.8 Å². The summed E-state index contributed by atoms with van der Waals surface area (Å²) in [5.74, 6) is 3.47. The third-order valence-electron chi connectivity index (χ3n) is 3.49. The van der Waals surface area contributed by atoms with Crippen LogP contribution in [0.5, 0.6) is 0 Å². The van der Waals surface area contributed by atoms with E-state index in [1.807, 2.05) is 0 Å². The molecule has 1 saturated heterocycles. The van der Waals surface area contributed by atoms with E-state index < -0.39 is 0 Å². The lowest BCUT2D eigenvalue weighted by atomic mass is 9.97. The molecule has 0 bridgehead atoms. The average molecular weight is 244 g/mol. The topological polar surface area (TPSA) is 15.3 Å². The number of nitrogens with one attached hydrogen (secondary N) is 1. The lowest BCUT2D eigenvalue weighted by Gasteiger charge is -2.29. The van der Waals surface area contributed by atoms with Gasteiger partial charge in [0.1, 0.15) is 0 Å². The predicted molar refractivity (Wildman–Crippen MR) is 75.3 cm³/mol. The Morgan fingerprint density at radius 3 is 2.69 bits per heavy atom. The van der Waals surface area contributed by atoms with Crippen LogP contribution in [0.15, 0.2) is 0 Å². The normalized spacial score (nSPS) is 21.2. The van der Waals surface area contributed by atoms with Crippen molar-refractivity contribution in [2.24, 2.45) is 5.92 Å². The van der Waals surface area contributed by atoms with E-state index in [9.17, 15) is 0 Å². The third kappa shape index (κ3) is 6.12. The second-order valence-corrected chi connectivity index (χ2v) is 6.44. The molecule has 0 amide bonds. The van der Waals surface area contributed by atoms with E-state index in [0.29, 0.717) is 6.04 Å². The van der Waals surface area contributed by atoms with Gasteiger partial charge in [0.25, 0.3) is 0 Å². The van der Waals surface area contributed by atoms with Crippen LogP contribution in [0.3, 0.4) is 0 Å². The highest BCUT2D eigenvalue weighted by molar-refractivity contribution is 7.99. The fourth-order valence-electron chi connectivity index (χ4n) is 2.14. The molecule has 1 aliphatic rings. The fourth-order valence-corrected chi connectivity index (χ4v) is 2.95. The van der Waals surface area contributed by atoms with E-state index in [4.69, 9.17) is 0 Å². The molecule has 1 fully saturated rings. The van der Waals surface area contributed by atoms with E-state index in [0.717, 1.165) is 5.92 Å². The standard InChI is InChI=1S/C13H28N2S/c1-4-16-10-7-12(2)14-11-13-5-8-15(3)9-6-13/h12-14H,4-11H2,1-3H3. The van der Waals surface area contributed by atoms with Gasteiger partial charge in [-0.1, -0.05) is 6.92 Å². The van der Waals surface area contributed by atoms with Crippen LogP contribution < -0.4 is 5.32 Å². The summed E-state index contributed by atoms with van der Waals surface area (Å²) in [6.45, 7) is 8.36. The van der Waals surface area contributed by atoms with Gasteiger partial charge in [0.15, 0.2) is 0 Å². The van der Waals surface area contributed by atoms with Gasteiger partial charge in [-0.05, 0) is 70.3 Å². The SMILES string of the molecule is CCSCCC(C)NCC1CCN(C)CC1. The lowest BCUT2D eigenvalue weighted by molar-refractivity contribution is 0.213. The average Bonchev–Trinajstić information content (AvgIpc) is 2.29. The minimum Gasteiger partial charge on any atom is -0.314 e. The van der Waals surface area contributed by atoms with E-state index >= 15 is 0 Å². The van der Waals surface area contributed by atoms with Gasteiger partial charge in [-0.3, -0.25) is 0 Å². The second-order valence-electron chi connectivity index (χ2n) is 5.04. The molecule has 0 aromatic carbocycles. The number of likely N-dealkylation sites (tertiary alicyclic amines) is 1. The molecule has 1 rings (SSSR count). The van der Waals surface area contributed by atoms with Gasteiger partial charge in [-0.2, -0.15) is 11.8 Å². The lowest BCUT2D eigenvalue weighted by Crippen LogP contribution is -2.37. The molecule has 1 N–H and O–H groups in total. The molecule has 16 heavy (non-hydrogen) atoms. The zero-order valence-electron chi connectivity index (χ0n) is 11.2. The highest BCUT2D eigenvalue weighted by Crippen LogP contribution is 2.15. The zero-order valence-corrected chi connectivity index (χ0v) is 12.0. The van der Waals surface area contributed by atoms with Gasteiger partial charge >= 0.3 is 0 Å². The number of nitrogens with zero attached hydrogens (tertiary/aromatic N) is 1. The summed E-state index contributed by atoms with van der Waals surface area (Å²) in [6.07, 6.45) is 4.06. The van der Waals surface area contributed by atoms with Crippen molar-refractivity contribution >= 4 is 11.8 Å². The van der Waals surface area contributed by atoms with Crippen LogP contribution in [0.1, 0.15) is 33.1 Å². The molecular formula is C13H28N2S. The van der Waals surface area contributed by atoms with E-state index in [1.54, 1.807) is 0 Å². The summed E-state index contributed by atoms with van der Waals surface area (Å²) >= 11 is 2.05. The van der Waals surface area contributed by atoms with E-state index in [1.165, 1.54) is 50.4 Å². The predicted octanol–water partition coefficient (Wildman–Crippen LogP) is 2.45. The van der Waals surface area contributed by atoms with Crippen molar-refractivity contribution in [1.82, 2.24) is 10.2 Å². The van der Waals surface area contributed by atoms with Gasteiger partial charge in [-0.25, -0.2) is 0 Å². The van der Waals surface area contributed by atoms with Crippen LogP contribution in [-0.2, 0) is 0 Å². The van der Waals surface area contributed by atoms with Crippen molar-refractivity contribution < 1.29 is 0 Å². The van der Waals surface area contributed by atoms with Crippen LogP contribution in [0.4, 0.5) is 0 Å². The largest absolute Gasteiger partial charge is 0.314 e. The third-order valence-corrected chi connectivity index (χ3v) is 4.43. The minimum absolute atomic E-state index is 0.693. The molecule has 1 unspecified atom stereocenters. The first-order chi connectivity index (χ1) is 7.72. The number of piperidine rings is 1. The van der Waals surface area contributed by atoms with Crippen molar-refractivity contribution in [1.29, 1.82) is 0 Å². The van der Waals surface area contributed by atoms with Crippen LogP contribution in [0.2, 0.25) is 0 Å². The van der Waals surface area contributed by atoms with Crippen molar-refractivity contribution in [3.63, 3.8) is 0 Å². The highest BCUT2D eigenvalue weighted by atomic mass is 32.2. The monoisotopic (exact) mass is 244 g/mol. The highest BCUT2D eigenvalue weighted by Gasteiger charge is 2.16.